The number of aromatic amines is 2. The highest BCUT2D eigenvalue weighted by atomic mass is 16.4. The van der Waals surface area contributed by atoms with E-state index < -0.39 is 17.9 Å². The molecule has 0 fully saturated rings. The van der Waals surface area contributed by atoms with Gasteiger partial charge in [-0.3, -0.25) is 19.2 Å². The molecule has 0 saturated heterocycles. The molecule has 5 N–H and O–H groups in total. The standard InChI is InChI=1S/C20H24N2O7/c1-10-20(11(2)23)13(4-6-18(26)27)16(22-10)8-15-14(7-19(28)29)12(9-21-15)3-5-17(24)25/h9,21-22H,3-8H2,1-2H3,(H,24,25)(H,26,27)(H,28,29). The minimum absolute atomic E-state index is 0.121. The summed E-state index contributed by atoms with van der Waals surface area (Å²) in [5, 5.41) is 27.2. The Kier molecular flexibility index (Phi) is 6.98. The van der Waals surface area contributed by atoms with Crippen molar-refractivity contribution >= 4 is 23.7 Å². The van der Waals surface area contributed by atoms with Gasteiger partial charge in [-0.1, -0.05) is 0 Å². The molecule has 0 unspecified atom stereocenters. The fourth-order valence-corrected chi connectivity index (χ4v) is 3.59. The molecule has 0 aliphatic carbocycles. The van der Waals surface area contributed by atoms with Gasteiger partial charge in [0.15, 0.2) is 5.78 Å². The van der Waals surface area contributed by atoms with E-state index >= 15 is 0 Å². The number of nitrogens with one attached hydrogen (secondary N) is 2. The number of carboxylic acid groups (broad SMARTS) is 3. The topological polar surface area (TPSA) is 161 Å². The number of hydrogen-bond acceptors (Lipinski definition) is 4. The number of carbonyl (C=O) groups excluding carboxylic acids is 1. The highest BCUT2D eigenvalue weighted by Crippen LogP contribution is 2.26. The van der Waals surface area contributed by atoms with E-state index in [0.29, 0.717) is 39.3 Å². The number of carboxylic acids is 3. The molecule has 0 bridgehead atoms. The molecule has 0 spiro atoms. The first-order valence-electron chi connectivity index (χ1n) is 9.14. The molecule has 0 amide bonds. The van der Waals surface area contributed by atoms with E-state index in [-0.39, 0.29) is 44.3 Å². The summed E-state index contributed by atoms with van der Waals surface area (Å²) in [5.41, 5.74) is 4.07. The van der Waals surface area contributed by atoms with Gasteiger partial charge >= 0.3 is 17.9 Å². The Morgan fingerprint density at radius 1 is 0.897 bits per heavy atom. The Hall–Kier alpha value is -3.36. The van der Waals surface area contributed by atoms with Crippen molar-refractivity contribution in [2.75, 3.05) is 0 Å². The Morgan fingerprint density at radius 3 is 2.07 bits per heavy atom. The van der Waals surface area contributed by atoms with E-state index in [0.717, 1.165) is 0 Å². The Morgan fingerprint density at radius 2 is 1.52 bits per heavy atom. The second-order valence-electron chi connectivity index (χ2n) is 6.94. The Labute approximate surface area is 166 Å². The van der Waals surface area contributed by atoms with Gasteiger partial charge in [0.1, 0.15) is 0 Å². The monoisotopic (exact) mass is 404 g/mol. The second-order valence-corrected chi connectivity index (χ2v) is 6.94. The van der Waals surface area contributed by atoms with Crippen LogP contribution >= 0.6 is 0 Å². The lowest BCUT2D eigenvalue weighted by Gasteiger charge is -2.08. The zero-order valence-electron chi connectivity index (χ0n) is 16.3. The van der Waals surface area contributed by atoms with Gasteiger partial charge in [-0.05, 0) is 43.4 Å². The molecule has 156 valence electrons. The molecular weight excluding hydrogens is 380 g/mol. The molecule has 0 aliphatic heterocycles. The zero-order valence-corrected chi connectivity index (χ0v) is 16.3. The Balaban J connectivity index is 2.43. The van der Waals surface area contributed by atoms with Gasteiger partial charge in [-0.25, -0.2) is 0 Å². The third kappa shape index (κ3) is 5.56. The average Bonchev–Trinajstić information content (AvgIpc) is 3.11. The number of Topliss-reactive ketones (excluding diaryl/α,β-unsaturated/α-hetero) is 1. The summed E-state index contributed by atoms with van der Waals surface area (Å²) in [7, 11) is 0. The van der Waals surface area contributed by atoms with E-state index in [4.69, 9.17) is 10.2 Å². The van der Waals surface area contributed by atoms with Gasteiger partial charge in [-0.15, -0.1) is 0 Å². The fraction of sp³-hybridized carbons (Fsp3) is 0.400. The summed E-state index contributed by atoms with van der Waals surface area (Å²) in [6, 6.07) is 0. The van der Waals surface area contributed by atoms with Crippen molar-refractivity contribution < 1.29 is 34.5 Å². The van der Waals surface area contributed by atoms with Crippen molar-refractivity contribution in [3.05, 3.63) is 45.5 Å². The van der Waals surface area contributed by atoms with Crippen molar-refractivity contribution in [2.45, 2.75) is 52.4 Å². The van der Waals surface area contributed by atoms with Crippen LogP contribution in [0.1, 0.15) is 63.9 Å². The predicted octanol–water partition coefficient (Wildman–Crippen LogP) is 2.11. The molecule has 0 aromatic carbocycles. The van der Waals surface area contributed by atoms with E-state index in [9.17, 15) is 24.3 Å². The van der Waals surface area contributed by atoms with Crippen LogP contribution in [0.4, 0.5) is 0 Å². The lowest BCUT2D eigenvalue weighted by Crippen LogP contribution is -2.08. The van der Waals surface area contributed by atoms with Crippen molar-refractivity contribution in [2.24, 2.45) is 0 Å². The molecule has 9 heteroatoms. The molecule has 9 nitrogen and oxygen atoms in total. The first kappa shape index (κ1) is 21.9. The largest absolute Gasteiger partial charge is 0.481 e. The van der Waals surface area contributed by atoms with Gasteiger partial charge < -0.3 is 25.3 Å². The number of aliphatic carboxylic acids is 3. The van der Waals surface area contributed by atoms with Crippen LogP contribution in [0.3, 0.4) is 0 Å². The number of ketones is 1. The molecule has 0 radical (unpaired) electrons. The van der Waals surface area contributed by atoms with Crippen LogP contribution in [-0.4, -0.2) is 49.0 Å². The minimum atomic E-state index is -1.04. The van der Waals surface area contributed by atoms with Crippen LogP contribution in [0.25, 0.3) is 0 Å². The van der Waals surface area contributed by atoms with Crippen LogP contribution in [0.5, 0.6) is 0 Å². The quantitative estimate of drug-likeness (QED) is 0.358. The summed E-state index contributed by atoms with van der Waals surface area (Å²) in [5.74, 6) is -3.17. The predicted molar refractivity (Wildman–Crippen MR) is 102 cm³/mol. The molecule has 2 rings (SSSR count). The minimum Gasteiger partial charge on any atom is -0.481 e. The fourth-order valence-electron chi connectivity index (χ4n) is 3.59. The number of aromatic nitrogens is 2. The number of carbonyl (C=O) groups is 4. The van der Waals surface area contributed by atoms with Gasteiger partial charge in [0.2, 0.25) is 0 Å². The molecule has 2 aromatic rings. The highest BCUT2D eigenvalue weighted by Gasteiger charge is 2.22. The van der Waals surface area contributed by atoms with Crippen molar-refractivity contribution in [3.63, 3.8) is 0 Å². The second kappa shape index (κ2) is 9.22. The molecule has 0 aliphatic rings. The highest BCUT2D eigenvalue weighted by molar-refractivity contribution is 5.97. The van der Waals surface area contributed by atoms with E-state index in [1.54, 1.807) is 13.1 Å². The first-order valence-corrected chi connectivity index (χ1v) is 9.14. The maximum Gasteiger partial charge on any atom is 0.307 e. The zero-order chi connectivity index (χ0) is 21.7. The van der Waals surface area contributed by atoms with Crippen LogP contribution in [0.15, 0.2) is 6.20 Å². The van der Waals surface area contributed by atoms with Crippen molar-refractivity contribution in [3.8, 4) is 0 Å². The third-order valence-electron chi connectivity index (χ3n) is 4.78. The number of hydrogen-bond donors (Lipinski definition) is 5. The maximum absolute atomic E-state index is 12.1. The van der Waals surface area contributed by atoms with Crippen LogP contribution < -0.4 is 0 Å². The molecule has 29 heavy (non-hydrogen) atoms. The summed E-state index contributed by atoms with van der Waals surface area (Å²) in [4.78, 5) is 51.4. The Bertz CT molecular complexity index is 952. The van der Waals surface area contributed by atoms with Crippen LogP contribution in [0.2, 0.25) is 0 Å². The SMILES string of the molecule is CC(=O)c1c(C)[nH]c(Cc2[nH]cc(CCC(=O)O)c2CC(=O)O)c1CCC(=O)O. The normalized spacial score (nSPS) is 10.8. The summed E-state index contributed by atoms with van der Waals surface area (Å²) >= 11 is 0. The molecule has 2 aromatic heterocycles. The average molecular weight is 404 g/mol. The molecule has 0 atom stereocenters. The van der Waals surface area contributed by atoms with Crippen LogP contribution in [0, 0.1) is 6.92 Å². The molecular formula is C20H24N2O7. The lowest BCUT2D eigenvalue weighted by molar-refractivity contribution is -0.138. The number of aryl methyl sites for hydroxylation is 2. The summed E-state index contributed by atoms with van der Waals surface area (Å²) in [6.07, 6.45) is 1.70. The maximum atomic E-state index is 12.1. The van der Waals surface area contributed by atoms with E-state index in [1.165, 1.54) is 6.92 Å². The summed E-state index contributed by atoms with van der Waals surface area (Å²) < 4.78 is 0. The van der Waals surface area contributed by atoms with E-state index in [1.807, 2.05) is 0 Å². The van der Waals surface area contributed by atoms with Crippen molar-refractivity contribution in [1.82, 2.24) is 9.97 Å². The number of H-pyrrole nitrogens is 2. The summed E-state index contributed by atoms with van der Waals surface area (Å²) in [6.45, 7) is 3.15. The number of rotatable bonds is 11. The van der Waals surface area contributed by atoms with Crippen molar-refractivity contribution in [1.29, 1.82) is 0 Å². The van der Waals surface area contributed by atoms with Gasteiger partial charge in [0, 0.05) is 48.1 Å². The lowest BCUT2D eigenvalue weighted by atomic mass is 9.96. The van der Waals surface area contributed by atoms with Gasteiger partial charge in [0.05, 0.1) is 6.42 Å². The third-order valence-corrected chi connectivity index (χ3v) is 4.78. The smallest absolute Gasteiger partial charge is 0.307 e. The van der Waals surface area contributed by atoms with E-state index in [2.05, 4.69) is 9.97 Å². The van der Waals surface area contributed by atoms with Gasteiger partial charge in [-0.2, -0.15) is 0 Å². The molecule has 2 heterocycles. The van der Waals surface area contributed by atoms with Crippen LogP contribution in [-0.2, 0) is 40.1 Å². The van der Waals surface area contributed by atoms with Gasteiger partial charge in [0.25, 0.3) is 0 Å². The molecule has 0 saturated carbocycles. The first-order chi connectivity index (χ1) is 13.6.